The van der Waals surface area contributed by atoms with Crippen molar-refractivity contribution < 1.29 is 0 Å². The molecule has 0 saturated carbocycles. The minimum absolute atomic E-state index is 0.0783. The molecule has 0 amide bonds. The lowest BCUT2D eigenvalue weighted by Gasteiger charge is -2.29. The van der Waals surface area contributed by atoms with E-state index in [-0.39, 0.29) is 17.9 Å². The fourth-order valence-electron chi connectivity index (χ4n) is 7.96. The first-order valence-corrected chi connectivity index (χ1v) is 17.3. The second-order valence-electron chi connectivity index (χ2n) is 13.2. The highest BCUT2D eigenvalue weighted by atomic mass is 15.2. The van der Waals surface area contributed by atoms with E-state index >= 15 is 0 Å². The van der Waals surface area contributed by atoms with Gasteiger partial charge in [-0.25, -0.2) is 15.0 Å². The maximum absolute atomic E-state index is 5.23. The zero-order valence-corrected chi connectivity index (χ0v) is 27.3. The van der Waals surface area contributed by atoms with Crippen LogP contribution in [0.1, 0.15) is 29.6 Å². The summed E-state index contributed by atoms with van der Waals surface area (Å²) in [5.74, 6) is 2.49. The predicted octanol–water partition coefficient (Wildman–Crippen LogP) is 10.6. The molecule has 5 heteroatoms. The molecule has 0 bridgehead atoms. The second-order valence-corrected chi connectivity index (χ2v) is 13.2. The van der Waals surface area contributed by atoms with E-state index in [1.807, 2.05) is 18.2 Å². The number of rotatable bonds is 5. The summed E-state index contributed by atoms with van der Waals surface area (Å²) in [6.45, 7) is 0. The van der Waals surface area contributed by atoms with Crippen LogP contribution >= 0.6 is 0 Å². The normalized spacial score (nSPS) is 19.0. The Balaban J connectivity index is 1.25. The highest BCUT2D eigenvalue weighted by molar-refractivity contribution is 6.09. The largest absolute Gasteiger partial charge is 0.333 e. The Bertz CT molecular complexity index is 2500. The standard InChI is InChI=1S/C45H33N5/c1-3-15-30(16-4-1)43-46-44(31-17-5-2-6-18-31)48-45(47-43)32-27-33(49-39-23-11-7-19-35(39)36-20-8-12-24-40(36)49)29-34(28-32)50-41-25-13-9-21-37(41)38-22-10-14-26-42(38)50/h1-17,19-29,31,35,39H,18H2. The lowest BCUT2D eigenvalue weighted by atomic mass is 9.91. The van der Waals surface area contributed by atoms with Crippen LogP contribution in [0.15, 0.2) is 170 Å². The minimum Gasteiger partial charge on any atom is -0.333 e. The zero-order chi connectivity index (χ0) is 33.0. The third-order valence-electron chi connectivity index (χ3n) is 10.2. The van der Waals surface area contributed by atoms with Crippen molar-refractivity contribution in [2.45, 2.75) is 24.3 Å². The Morgan fingerprint density at radius 2 is 1.20 bits per heavy atom. The molecule has 2 aromatic heterocycles. The van der Waals surface area contributed by atoms with Crippen LogP contribution in [0.25, 0.3) is 50.3 Å². The number of aromatic nitrogens is 4. The van der Waals surface area contributed by atoms with E-state index in [0.29, 0.717) is 11.6 Å². The van der Waals surface area contributed by atoms with Crippen molar-refractivity contribution in [1.82, 2.24) is 19.5 Å². The highest BCUT2D eigenvalue weighted by Gasteiger charge is 2.37. The number of fused-ring (bicyclic) bond motifs is 6. The van der Waals surface area contributed by atoms with Gasteiger partial charge in [0, 0.05) is 50.8 Å². The average Bonchev–Trinajstić information content (AvgIpc) is 3.71. The van der Waals surface area contributed by atoms with Gasteiger partial charge in [0.1, 0.15) is 5.82 Å². The van der Waals surface area contributed by atoms with E-state index in [2.05, 4.69) is 161 Å². The van der Waals surface area contributed by atoms with Gasteiger partial charge in [-0.05, 0) is 48.4 Å². The molecule has 10 rings (SSSR count). The van der Waals surface area contributed by atoms with Crippen molar-refractivity contribution in [3.8, 4) is 28.5 Å². The number of nitrogens with zero attached hydrogens (tertiary/aromatic N) is 5. The molecule has 0 saturated heterocycles. The van der Waals surface area contributed by atoms with Crippen molar-refractivity contribution in [2.24, 2.45) is 0 Å². The Labute approximate surface area is 290 Å². The number of para-hydroxylation sites is 3. The van der Waals surface area contributed by atoms with Gasteiger partial charge in [-0.15, -0.1) is 0 Å². The molecule has 238 valence electrons. The van der Waals surface area contributed by atoms with Crippen molar-refractivity contribution in [3.63, 3.8) is 0 Å². The molecule has 7 aromatic rings. The first-order chi connectivity index (χ1) is 24.8. The highest BCUT2D eigenvalue weighted by Crippen LogP contribution is 2.48. The lowest BCUT2D eigenvalue weighted by Crippen LogP contribution is -2.28. The third-order valence-corrected chi connectivity index (χ3v) is 10.2. The van der Waals surface area contributed by atoms with Crippen LogP contribution in [0.5, 0.6) is 0 Å². The van der Waals surface area contributed by atoms with Gasteiger partial charge in [0.15, 0.2) is 11.6 Å². The fourth-order valence-corrected chi connectivity index (χ4v) is 7.96. The fraction of sp³-hybridized carbons (Fsp3) is 0.0889. The monoisotopic (exact) mass is 643 g/mol. The van der Waals surface area contributed by atoms with Gasteiger partial charge in [-0.3, -0.25) is 0 Å². The van der Waals surface area contributed by atoms with Gasteiger partial charge < -0.3 is 9.47 Å². The van der Waals surface area contributed by atoms with Crippen LogP contribution in [0.2, 0.25) is 0 Å². The van der Waals surface area contributed by atoms with Crippen LogP contribution in [0, 0.1) is 0 Å². The molecule has 3 unspecified atom stereocenters. The SMILES string of the molecule is C1=CCC(c2nc(-c3ccccc3)nc(-c3cc(N4c5ccccc5C5C=CC=CC54)cc(-n4c5ccccc5c5ccccc54)c3)n2)C=C1. The van der Waals surface area contributed by atoms with E-state index in [4.69, 9.17) is 15.0 Å². The Kier molecular flexibility index (Phi) is 6.69. The number of hydrogen-bond acceptors (Lipinski definition) is 4. The van der Waals surface area contributed by atoms with E-state index in [9.17, 15) is 0 Å². The van der Waals surface area contributed by atoms with Crippen LogP contribution in [0.4, 0.5) is 11.4 Å². The summed E-state index contributed by atoms with van der Waals surface area (Å²) in [5, 5.41) is 2.46. The number of allylic oxidation sites excluding steroid dienone is 6. The topological polar surface area (TPSA) is 46.8 Å². The molecule has 5 aromatic carbocycles. The molecule has 3 heterocycles. The van der Waals surface area contributed by atoms with Gasteiger partial charge in [-0.1, -0.05) is 134 Å². The van der Waals surface area contributed by atoms with E-state index in [1.54, 1.807) is 0 Å². The maximum atomic E-state index is 5.23. The van der Waals surface area contributed by atoms with Crippen molar-refractivity contribution >= 4 is 33.2 Å². The maximum Gasteiger partial charge on any atom is 0.163 e. The molecule has 0 spiro atoms. The summed E-state index contributed by atoms with van der Waals surface area (Å²) in [7, 11) is 0. The molecule has 0 radical (unpaired) electrons. The van der Waals surface area contributed by atoms with Gasteiger partial charge >= 0.3 is 0 Å². The molecule has 0 N–H and O–H groups in total. The number of anilines is 2. The summed E-state index contributed by atoms with van der Waals surface area (Å²) in [6.07, 6.45) is 18.4. The molecular formula is C45H33N5. The Morgan fingerprint density at radius 1 is 0.540 bits per heavy atom. The van der Waals surface area contributed by atoms with Crippen LogP contribution < -0.4 is 4.90 Å². The number of hydrogen-bond donors (Lipinski definition) is 0. The van der Waals surface area contributed by atoms with Gasteiger partial charge in [-0.2, -0.15) is 0 Å². The summed E-state index contributed by atoms with van der Waals surface area (Å²) >= 11 is 0. The summed E-state index contributed by atoms with van der Waals surface area (Å²) < 4.78 is 2.39. The van der Waals surface area contributed by atoms with E-state index in [0.717, 1.165) is 45.8 Å². The van der Waals surface area contributed by atoms with Crippen LogP contribution in [-0.2, 0) is 0 Å². The molecule has 2 aliphatic carbocycles. The van der Waals surface area contributed by atoms with Gasteiger partial charge in [0.05, 0.1) is 17.1 Å². The van der Waals surface area contributed by atoms with Gasteiger partial charge in [0.25, 0.3) is 0 Å². The van der Waals surface area contributed by atoms with Crippen LogP contribution in [-0.4, -0.2) is 25.6 Å². The lowest BCUT2D eigenvalue weighted by molar-refractivity contribution is 0.744. The summed E-state index contributed by atoms with van der Waals surface area (Å²) in [6, 6.07) is 43.4. The average molecular weight is 644 g/mol. The summed E-state index contributed by atoms with van der Waals surface area (Å²) in [5.41, 5.74) is 8.98. The second kappa shape index (κ2) is 11.7. The van der Waals surface area contributed by atoms with Crippen LogP contribution in [0.3, 0.4) is 0 Å². The third kappa shape index (κ3) is 4.66. The minimum atomic E-state index is 0.0783. The van der Waals surface area contributed by atoms with Crippen molar-refractivity contribution in [3.05, 3.63) is 181 Å². The van der Waals surface area contributed by atoms with E-state index < -0.39 is 0 Å². The smallest absolute Gasteiger partial charge is 0.163 e. The summed E-state index contributed by atoms with van der Waals surface area (Å²) in [4.78, 5) is 18.0. The van der Waals surface area contributed by atoms with E-state index in [1.165, 1.54) is 22.0 Å². The predicted molar refractivity (Wildman–Crippen MR) is 204 cm³/mol. The number of benzene rings is 5. The molecular weight excluding hydrogens is 611 g/mol. The molecule has 50 heavy (non-hydrogen) atoms. The first-order valence-electron chi connectivity index (χ1n) is 17.3. The Hall–Kier alpha value is -6.33. The van der Waals surface area contributed by atoms with Gasteiger partial charge in [0.2, 0.25) is 0 Å². The molecule has 0 fully saturated rings. The zero-order valence-electron chi connectivity index (χ0n) is 27.3. The van der Waals surface area contributed by atoms with Crippen molar-refractivity contribution in [1.29, 1.82) is 0 Å². The molecule has 1 aliphatic heterocycles. The molecule has 3 atom stereocenters. The molecule has 3 aliphatic rings. The Morgan fingerprint density at radius 3 is 1.98 bits per heavy atom. The molecule has 5 nitrogen and oxygen atoms in total. The quantitative estimate of drug-likeness (QED) is 0.187. The van der Waals surface area contributed by atoms with Crippen molar-refractivity contribution in [2.75, 3.05) is 4.90 Å². The first kappa shape index (κ1) is 28.7.